The van der Waals surface area contributed by atoms with Gasteiger partial charge in [-0.05, 0) is 16.7 Å². The van der Waals surface area contributed by atoms with Gasteiger partial charge in [-0.2, -0.15) is 5.10 Å². The third-order valence-corrected chi connectivity index (χ3v) is 6.32. The van der Waals surface area contributed by atoms with Crippen molar-refractivity contribution >= 4 is 28.5 Å². The zero-order chi connectivity index (χ0) is 24.4. The van der Waals surface area contributed by atoms with Crippen molar-refractivity contribution < 1.29 is 14.6 Å². The molecule has 35 heavy (non-hydrogen) atoms. The molecule has 0 aliphatic heterocycles. The second-order valence-electron chi connectivity index (χ2n) is 8.00. The highest BCUT2D eigenvalue weighted by Gasteiger charge is 2.42. The number of nitrogens with zero attached hydrogens (tertiary/aromatic N) is 3. The van der Waals surface area contributed by atoms with Gasteiger partial charge in [0.2, 0.25) is 0 Å². The number of aliphatic hydroxyl groups is 1. The second kappa shape index (κ2) is 9.33. The third kappa shape index (κ3) is 3.68. The van der Waals surface area contributed by atoms with Crippen molar-refractivity contribution in [2.24, 2.45) is 0 Å². The molecule has 0 saturated carbocycles. The van der Waals surface area contributed by atoms with Gasteiger partial charge in [0, 0.05) is 6.07 Å². The van der Waals surface area contributed by atoms with E-state index in [0.717, 1.165) is 16.7 Å². The molecule has 5 rings (SSSR count). The molecule has 5 aromatic rings. The summed E-state index contributed by atoms with van der Waals surface area (Å²) in [5.41, 5.74) is 2.66. The largest absolute Gasteiger partial charge is 0.464 e. The van der Waals surface area contributed by atoms with Crippen LogP contribution in [0.2, 0.25) is 5.15 Å². The van der Waals surface area contributed by atoms with Crippen molar-refractivity contribution in [1.29, 1.82) is 0 Å². The zero-order valence-corrected chi connectivity index (χ0v) is 19.7. The number of esters is 1. The maximum atomic E-state index is 12.9. The Morgan fingerprint density at radius 3 is 1.83 bits per heavy atom. The average Bonchev–Trinajstić information content (AvgIpc) is 3.29. The first kappa shape index (κ1) is 22.8. The predicted molar refractivity (Wildman–Crippen MR) is 134 cm³/mol. The summed E-state index contributed by atoms with van der Waals surface area (Å²) >= 11 is 6.41. The number of ether oxygens (including phenoxy) is 1. The molecule has 6 nitrogen and oxygen atoms in total. The lowest BCUT2D eigenvalue weighted by Crippen LogP contribution is -2.38. The van der Waals surface area contributed by atoms with Gasteiger partial charge < -0.3 is 9.84 Å². The molecular weight excluding hydrogens is 462 g/mol. The van der Waals surface area contributed by atoms with Crippen LogP contribution in [0.15, 0.2) is 97.1 Å². The predicted octanol–water partition coefficient (Wildman–Crippen LogP) is 5.20. The average molecular weight is 484 g/mol. The third-order valence-electron chi connectivity index (χ3n) is 6.13. The molecular formula is C28H22ClN3O3. The van der Waals surface area contributed by atoms with Gasteiger partial charge in [-0.1, -0.05) is 103 Å². The smallest absolute Gasteiger partial charge is 0.359 e. The van der Waals surface area contributed by atoms with Crippen molar-refractivity contribution in [3.63, 3.8) is 0 Å². The molecule has 3 aromatic carbocycles. The van der Waals surface area contributed by atoms with Crippen molar-refractivity contribution in [3.05, 3.63) is 130 Å². The van der Waals surface area contributed by atoms with Crippen LogP contribution in [0.5, 0.6) is 0 Å². The fourth-order valence-electron chi connectivity index (χ4n) is 4.69. The van der Waals surface area contributed by atoms with Crippen LogP contribution < -0.4 is 0 Å². The molecule has 0 unspecified atom stereocenters. The van der Waals surface area contributed by atoms with Crippen LogP contribution in [0.25, 0.3) is 10.9 Å². The summed E-state index contributed by atoms with van der Waals surface area (Å²) in [7, 11) is 1.30. The topological polar surface area (TPSA) is 77.2 Å². The molecule has 0 aliphatic rings. The molecule has 7 heteroatoms. The highest BCUT2D eigenvalue weighted by atomic mass is 35.5. The number of halogens is 1. The lowest BCUT2D eigenvalue weighted by Gasteiger charge is -2.37. The molecule has 174 valence electrons. The van der Waals surface area contributed by atoms with Crippen LogP contribution in [-0.2, 0) is 16.9 Å². The molecule has 0 aliphatic carbocycles. The van der Waals surface area contributed by atoms with Gasteiger partial charge in [0.25, 0.3) is 0 Å². The van der Waals surface area contributed by atoms with Crippen LogP contribution in [0, 0.1) is 0 Å². The molecule has 0 atom stereocenters. The van der Waals surface area contributed by atoms with Gasteiger partial charge in [0.1, 0.15) is 10.7 Å². The summed E-state index contributed by atoms with van der Waals surface area (Å²) in [6, 6.07) is 31.5. The lowest BCUT2D eigenvalue weighted by atomic mass is 9.77. The van der Waals surface area contributed by atoms with Crippen LogP contribution in [0.3, 0.4) is 0 Å². The minimum absolute atomic E-state index is 0.0582. The minimum atomic E-state index is -0.980. The first-order chi connectivity index (χ1) is 17.1. The number of pyridine rings is 1. The molecule has 0 saturated heterocycles. The lowest BCUT2D eigenvalue weighted by molar-refractivity contribution is 0.0594. The summed E-state index contributed by atoms with van der Waals surface area (Å²) in [5, 5.41) is 15.5. The van der Waals surface area contributed by atoms with E-state index in [0.29, 0.717) is 10.9 Å². The fourth-order valence-corrected chi connectivity index (χ4v) is 4.90. The summed E-state index contributed by atoms with van der Waals surface area (Å²) in [5.74, 6) is -0.629. The van der Waals surface area contributed by atoms with Gasteiger partial charge in [-0.25, -0.2) is 14.5 Å². The molecule has 0 amide bonds. The molecule has 0 radical (unpaired) electrons. The van der Waals surface area contributed by atoms with E-state index in [2.05, 4.69) is 4.98 Å². The zero-order valence-electron chi connectivity index (χ0n) is 18.9. The molecule has 0 fully saturated rings. The van der Waals surface area contributed by atoms with Gasteiger partial charge in [-0.15, -0.1) is 0 Å². The van der Waals surface area contributed by atoms with E-state index >= 15 is 0 Å². The van der Waals surface area contributed by atoms with E-state index in [1.54, 1.807) is 10.7 Å². The first-order valence-electron chi connectivity index (χ1n) is 11.1. The number of hydrogen-bond donors (Lipinski definition) is 1. The maximum absolute atomic E-state index is 12.9. The number of aromatic nitrogens is 3. The van der Waals surface area contributed by atoms with E-state index in [-0.39, 0.29) is 16.5 Å². The van der Waals surface area contributed by atoms with E-state index < -0.39 is 18.1 Å². The molecule has 2 aromatic heterocycles. The van der Waals surface area contributed by atoms with Gasteiger partial charge >= 0.3 is 5.97 Å². The number of hydrogen-bond acceptors (Lipinski definition) is 5. The number of carbonyl (C=O) groups is 1. The number of benzene rings is 3. The van der Waals surface area contributed by atoms with E-state index in [1.165, 1.54) is 7.11 Å². The summed E-state index contributed by atoms with van der Waals surface area (Å²) < 4.78 is 6.85. The standard InChI is InChI=1S/C28H22ClN3O3/c1-35-27(34)26-25-22(18-33)30-24(29)17-23(25)32(31-26)28(19-11-5-2-6-12-19,20-13-7-3-8-14-20)21-15-9-4-10-16-21/h2-17,33H,18H2,1H3. The maximum Gasteiger partial charge on any atom is 0.359 e. The van der Waals surface area contributed by atoms with Gasteiger partial charge in [0.05, 0.1) is 30.3 Å². The summed E-state index contributed by atoms with van der Waals surface area (Å²) in [6.45, 7) is -0.415. The van der Waals surface area contributed by atoms with Crippen molar-refractivity contribution in [3.8, 4) is 0 Å². The van der Waals surface area contributed by atoms with Crippen LogP contribution in [0.4, 0.5) is 0 Å². The minimum Gasteiger partial charge on any atom is -0.464 e. The Hall–Kier alpha value is -4.00. The van der Waals surface area contributed by atoms with Crippen molar-refractivity contribution in [1.82, 2.24) is 14.8 Å². The number of methoxy groups -OCH3 is 1. The monoisotopic (exact) mass is 483 g/mol. The Kier molecular flexibility index (Phi) is 6.07. The fraction of sp³-hybridized carbons (Fsp3) is 0.107. The second-order valence-corrected chi connectivity index (χ2v) is 8.39. The molecule has 0 spiro atoms. The number of aliphatic hydroxyl groups excluding tert-OH is 1. The normalized spacial score (nSPS) is 11.5. The Bertz CT molecular complexity index is 1390. The number of rotatable bonds is 6. The molecule has 2 heterocycles. The summed E-state index contributed by atoms with van der Waals surface area (Å²) in [6.07, 6.45) is 0. The highest BCUT2D eigenvalue weighted by molar-refractivity contribution is 6.30. The van der Waals surface area contributed by atoms with Crippen molar-refractivity contribution in [2.45, 2.75) is 12.1 Å². The van der Waals surface area contributed by atoms with Crippen LogP contribution in [0.1, 0.15) is 32.9 Å². The van der Waals surface area contributed by atoms with Crippen LogP contribution in [-0.4, -0.2) is 33.0 Å². The van der Waals surface area contributed by atoms with Crippen LogP contribution >= 0.6 is 11.6 Å². The first-order valence-corrected chi connectivity index (χ1v) is 11.4. The quantitative estimate of drug-likeness (QED) is 0.204. The van der Waals surface area contributed by atoms with E-state index in [9.17, 15) is 9.90 Å². The molecule has 0 bridgehead atoms. The Morgan fingerprint density at radius 1 is 0.914 bits per heavy atom. The summed E-state index contributed by atoms with van der Waals surface area (Å²) in [4.78, 5) is 17.2. The number of carbonyl (C=O) groups excluding carboxylic acids is 1. The molecule has 1 N–H and O–H groups in total. The van der Waals surface area contributed by atoms with E-state index in [4.69, 9.17) is 21.4 Å². The highest BCUT2D eigenvalue weighted by Crippen LogP contribution is 2.43. The van der Waals surface area contributed by atoms with Gasteiger partial charge in [-0.3, -0.25) is 0 Å². The Morgan fingerprint density at radius 2 is 1.40 bits per heavy atom. The number of fused-ring (bicyclic) bond motifs is 1. The Balaban J connectivity index is 2.03. The van der Waals surface area contributed by atoms with Crippen molar-refractivity contribution in [2.75, 3.05) is 7.11 Å². The SMILES string of the molecule is COC(=O)c1nn(C(c2ccccc2)(c2ccccc2)c2ccccc2)c2cc(Cl)nc(CO)c12. The van der Waals surface area contributed by atoms with Gasteiger partial charge in [0.15, 0.2) is 5.69 Å². The Labute approximate surface area is 207 Å². The van der Waals surface area contributed by atoms with E-state index in [1.807, 2.05) is 91.0 Å².